The molecule has 0 spiro atoms. The normalized spacial score (nSPS) is 11.5. The Hall–Kier alpha value is -1.62. The van der Waals surface area contributed by atoms with Crippen LogP contribution in [0.1, 0.15) is 26.3 Å². The lowest BCUT2D eigenvalue weighted by molar-refractivity contribution is 0.0523. The van der Waals surface area contributed by atoms with Gasteiger partial charge in [-0.3, -0.25) is 4.98 Å². The lowest BCUT2D eigenvalue weighted by atomic mass is 10.2. The summed E-state index contributed by atoms with van der Waals surface area (Å²) in [5.74, 6) is 0. The SMILES string of the molecule is CC(C)(C)OC(=O)NCc1cnc2ccsc2c1. The fraction of sp³-hybridized carbons (Fsp3) is 0.385. The van der Waals surface area contributed by atoms with E-state index in [0.717, 1.165) is 15.8 Å². The molecular weight excluding hydrogens is 248 g/mol. The second-order valence-corrected chi connectivity index (χ2v) is 5.95. The van der Waals surface area contributed by atoms with Crippen molar-refractivity contribution in [3.63, 3.8) is 0 Å². The smallest absolute Gasteiger partial charge is 0.407 e. The highest BCUT2D eigenvalue weighted by Gasteiger charge is 2.15. The fourth-order valence-electron chi connectivity index (χ4n) is 1.47. The summed E-state index contributed by atoms with van der Waals surface area (Å²) >= 11 is 1.64. The van der Waals surface area contributed by atoms with Crippen molar-refractivity contribution in [2.24, 2.45) is 0 Å². The third-order valence-electron chi connectivity index (χ3n) is 2.20. The molecule has 0 unspecified atom stereocenters. The van der Waals surface area contributed by atoms with Gasteiger partial charge in [0, 0.05) is 12.7 Å². The lowest BCUT2D eigenvalue weighted by Gasteiger charge is -2.19. The fourth-order valence-corrected chi connectivity index (χ4v) is 2.28. The van der Waals surface area contributed by atoms with Crippen LogP contribution in [0.5, 0.6) is 0 Å². The maximum Gasteiger partial charge on any atom is 0.407 e. The Balaban J connectivity index is 1.95. The van der Waals surface area contributed by atoms with E-state index in [1.165, 1.54) is 0 Å². The monoisotopic (exact) mass is 264 g/mol. The molecule has 5 heteroatoms. The number of rotatable bonds is 2. The number of hydrogen-bond donors (Lipinski definition) is 1. The number of carbonyl (C=O) groups is 1. The summed E-state index contributed by atoms with van der Waals surface area (Å²) in [6.07, 6.45) is 1.36. The second-order valence-electron chi connectivity index (χ2n) is 5.00. The number of nitrogens with zero attached hydrogens (tertiary/aromatic N) is 1. The molecule has 2 heterocycles. The third kappa shape index (κ3) is 3.43. The summed E-state index contributed by atoms with van der Waals surface area (Å²) in [4.78, 5) is 15.8. The van der Waals surface area contributed by atoms with Crippen molar-refractivity contribution < 1.29 is 9.53 Å². The Bertz CT molecular complexity index is 557. The molecule has 18 heavy (non-hydrogen) atoms. The van der Waals surface area contributed by atoms with Crippen LogP contribution in [-0.4, -0.2) is 16.7 Å². The van der Waals surface area contributed by atoms with E-state index in [1.54, 1.807) is 17.5 Å². The van der Waals surface area contributed by atoms with E-state index in [1.807, 2.05) is 38.3 Å². The summed E-state index contributed by atoms with van der Waals surface area (Å²) in [6, 6.07) is 4.01. The molecule has 2 rings (SSSR count). The van der Waals surface area contributed by atoms with E-state index in [9.17, 15) is 4.79 Å². The van der Waals surface area contributed by atoms with Gasteiger partial charge in [-0.15, -0.1) is 11.3 Å². The minimum absolute atomic E-state index is 0.409. The van der Waals surface area contributed by atoms with Crippen LogP contribution in [0.2, 0.25) is 0 Å². The summed E-state index contributed by atoms with van der Waals surface area (Å²) in [5.41, 5.74) is 1.48. The van der Waals surface area contributed by atoms with Crippen molar-refractivity contribution in [3.05, 3.63) is 29.3 Å². The molecule has 0 aliphatic heterocycles. The number of pyridine rings is 1. The van der Waals surface area contributed by atoms with Crippen molar-refractivity contribution in [3.8, 4) is 0 Å². The predicted octanol–water partition coefficient (Wildman–Crippen LogP) is 3.32. The van der Waals surface area contributed by atoms with Gasteiger partial charge in [0.1, 0.15) is 5.60 Å². The molecule has 2 aromatic rings. The van der Waals surface area contributed by atoms with Gasteiger partial charge in [-0.2, -0.15) is 0 Å². The van der Waals surface area contributed by atoms with Crippen molar-refractivity contribution in [1.82, 2.24) is 10.3 Å². The standard InChI is InChI=1S/C13H16N2O2S/c1-13(2,3)17-12(16)15-8-9-6-11-10(14-7-9)4-5-18-11/h4-7H,8H2,1-3H3,(H,15,16). The van der Waals surface area contributed by atoms with Gasteiger partial charge in [0.2, 0.25) is 0 Å². The first-order valence-corrected chi connectivity index (χ1v) is 6.61. The highest BCUT2D eigenvalue weighted by molar-refractivity contribution is 7.17. The van der Waals surface area contributed by atoms with Crippen molar-refractivity contribution >= 4 is 27.6 Å². The third-order valence-corrected chi connectivity index (χ3v) is 3.05. The number of hydrogen-bond acceptors (Lipinski definition) is 4. The van der Waals surface area contributed by atoms with Crippen LogP contribution in [0.15, 0.2) is 23.7 Å². The summed E-state index contributed by atoms with van der Waals surface area (Å²) in [5, 5.41) is 4.72. The number of nitrogens with one attached hydrogen (secondary N) is 1. The molecule has 0 aromatic carbocycles. The highest BCUT2D eigenvalue weighted by atomic mass is 32.1. The van der Waals surface area contributed by atoms with Gasteiger partial charge in [0.05, 0.1) is 10.2 Å². The average Bonchev–Trinajstić information content (AvgIpc) is 2.71. The Labute approximate surface area is 110 Å². The van der Waals surface area contributed by atoms with E-state index in [-0.39, 0.29) is 0 Å². The first-order chi connectivity index (χ1) is 8.44. The van der Waals surface area contributed by atoms with Gasteiger partial charge in [0.15, 0.2) is 0 Å². The van der Waals surface area contributed by atoms with Crippen LogP contribution in [0.25, 0.3) is 10.2 Å². The number of fused-ring (bicyclic) bond motifs is 1. The zero-order valence-corrected chi connectivity index (χ0v) is 11.5. The van der Waals surface area contributed by atoms with Gasteiger partial charge in [-0.05, 0) is 43.8 Å². The summed E-state index contributed by atoms with van der Waals surface area (Å²) in [7, 11) is 0. The molecule has 1 amide bonds. The van der Waals surface area contributed by atoms with E-state index in [2.05, 4.69) is 10.3 Å². The molecule has 0 bridgehead atoms. The van der Waals surface area contributed by atoms with Crippen LogP contribution in [-0.2, 0) is 11.3 Å². The van der Waals surface area contributed by atoms with Gasteiger partial charge >= 0.3 is 6.09 Å². The number of amides is 1. The second kappa shape index (κ2) is 4.94. The van der Waals surface area contributed by atoms with E-state index in [0.29, 0.717) is 6.54 Å². The van der Waals surface area contributed by atoms with Crippen LogP contribution in [0.3, 0.4) is 0 Å². The topological polar surface area (TPSA) is 51.2 Å². The number of thiophene rings is 1. The molecule has 0 aliphatic carbocycles. The van der Waals surface area contributed by atoms with E-state index >= 15 is 0 Å². The van der Waals surface area contributed by atoms with Crippen molar-refractivity contribution in [1.29, 1.82) is 0 Å². The zero-order valence-electron chi connectivity index (χ0n) is 10.7. The minimum atomic E-state index is -0.472. The number of aromatic nitrogens is 1. The molecule has 2 aromatic heterocycles. The molecule has 1 N–H and O–H groups in total. The first-order valence-electron chi connectivity index (χ1n) is 5.73. The molecule has 4 nitrogen and oxygen atoms in total. The Morgan fingerprint density at radius 3 is 3.00 bits per heavy atom. The van der Waals surface area contributed by atoms with Gasteiger partial charge in [-0.25, -0.2) is 4.79 Å². The number of alkyl carbamates (subject to hydrolysis) is 1. The van der Waals surface area contributed by atoms with Crippen LogP contribution >= 0.6 is 11.3 Å². The van der Waals surface area contributed by atoms with Crippen LogP contribution in [0.4, 0.5) is 4.79 Å². The minimum Gasteiger partial charge on any atom is -0.444 e. The summed E-state index contributed by atoms with van der Waals surface area (Å²) < 4.78 is 6.29. The Morgan fingerprint density at radius 1 is 1.50 bits per heavy atom. The molecule has 0 saturated heterocycles. The lowest BCUT2D eigenvalue weighted by Crippen LogP contribution is -2.32. The molecule has 96 valence electrons. The quantitative estimate of drug-likeness (QED) is 0.905. The Kier molecular flexibility index (Phi) is 3.52. The zero-order chi connectivity index (χ0) is 13.2. The first kappa shape index (κ1) is 12.8. The number of carbonyl (C=O) groups excluding carboxylic acids is 1. The maximum absolute atomic E-state index is 11.5. The van der Waals surface area contributed by atoms with Gasteiger partial charge < -0.3 is 10.1 Å². The maximum atomic E-state index is 11.5. The average molecular weight is 264 g/mol. The molecular formula is C13H16N2O2S. The molecule has 0 saturated carbocycles. The molecule has 0 atom stereocenters. The summed E-state index contributed by atoms with van der Waals surface area (Å²) in [6.45, 7) is 5.94. The highest BCUT2D eigenvalue weighted by Crippen LogP contribution is 2.19. The Morgan fingerprint density at radius 2 is 2.28 bits per heavy atom. The molecule has 0 fully saturated rings. The molecule has 0 radical (unpaired) electrons. The predicted molar refractivity (Wildman–Crippen MR) is 72.7 cm³/mol. The van der Waals surface area contributed by atoms with Gasteiger partial charge in [-0.1, -0.05) is 0 Å². The van der Waals surface area contributed by atoms with Crippen molar-refractivity contribution in [2.45, 2.75) is 32.9 Å². The molecule has 0 aliphatic rings. The van der Waals surface area contributed by atoms with Crippen molar-refractivity contribution in [2.75, 3.05) is 0 Å². The van der Waals surface area contributed by atoms with Gasteiger partial charge in [0.25, 0.3) is 0 Å². The van der Waals surface area contributed by atoms with E-state index < -0.39 is 11.7 Å². The van der Waals surface area contributed by atoms with E-state index in [4.69, 9.17) is 4.74 Å². The number of ether oxygens (including phenoxy) is 1. The largest absolute Gasteiger partial charge is 0.444 e. The van der Waals surface area contributed by atoms with Crippen LogP contribution < -0.4 is 5.32 Å². The van der Waals surface area contributed by atoms with Crippen LogP contribution in [0, 0.1) is 0 Å².